The van der Waals surface area contributed by atoms with E-state index in [9.17, 15) is 54.0 Å². The van der Waals surface area contributed by atoms with Gasteiger partial charge in [-0.15, -0.1) is 0 Å². The summed E-state index contributed by atoms with van der Waals surface area (Å²) in [5, 5.41) is 56.1. The Kier molecular flexibility index (Phi) is 15.4. The lowest BCUT2D eigenvalue weighted by Crippen LogP contribution is -2.62. The number of imide groups is 1. The third-order valence-corrected chi connectivity index (χ3v) is 11.4. The van der Waals surface area contributed by atoms with Gasteiger partial charge in [0.05, 0.1) is 12.1 Å². The molecule has 2 fully saturated rings. The van der Waals surface area contributed by atoms with Crippen LogP contribution in [-0.4, -0.2) is 140 Å². The first kappa shape index (κ1) is 46.0. The smallest absolute Gasteiger partial charge is 0.327 e. The van der Waals surface area contributed by atoms with Gasteiger partial charge in [-0.25, -0.2) is 14.4 Å². The minimum atomic E-state index is -1.48. The summed E-state index contributed by atoms with van der Waals surface area (Å²) in [6.45, 7) is 3.41. The predicted molar refractivity (Wildman–Crippen MR) is 220 cm³/mol. The van der Waals surface area contributed by atoms with Crippen molar-refractivity contribution in [1.82, 2.24) is 41.7 Å². The summed E-state index contributed by atoms with van der Waals surface area (Å²) in [5.74, 6) is -3.50. The number of fused-ring (bicyclic) bond motifs is 1. The van der Waals surface area contributed by atoms with E-state index in [4.69, 9.17) is 4.74 Å². The van der Waals surface area contributed by atoms with Crippen LogP contribution in [0.25, 0.3) is 0 Å². The summed E-state index contributed by atoms with van der Waals surface area (Å²) in [4.78, 5) is 94.1. The highest BCUT2D eigenvalue weighted by Gasteiger charge is 2.41. The first-order valence-electron chi connectivity index (χ1n) is 19.6. The number of aliphatic hydroxyl groups is 1. The molecule has 5 rings (SSSR count). The van der Waals surface area contributed by atoms with Crippen LogP contribution in [0.5, 0.6) is 11.5 Å². The van der Waals surface area contributed by atoms with Crippen molar-refractivity contribution in [3.05, 3.63) is 71.1 Å². The molecule has 8 atom stereocenters. The van der Waals surface area contributed by atoms with E-state index in [-0.39, 0.29) is 61.9 Å². The number of phenols is 2. The molecule has 0 saturated carbocycles. The Bertz CT molecular complexity index is 2040. The van der Waals surface area contributed by atoms with E-state index in [0.29, 0.717) is 11.3 Å². The SMILES string of the molecule is CSCC[C@@H](NC(=O)N[C@@H](Cc1cccc(O)c1)C(=O)O)C(=O)N[C@H](C(=O)NC=C1C[C@@H](O)[C@H](N2CCC(=O)NC2=O)O1)[C@H](C)N(C)C(=O)[C@@H]1Cc2cc(O)ccc2[C@@H](C)N1. The Balaban J connectivity index is 1.34. The number of benzene rings is 2. The number of carbonyl (C=O) groups excluding carboxylic acids is 6. The Morgan fingerprint density at radius 2 is 1.74 bits per heavy atom. The maximum Gasteiger partial charge on any atom is 0.327 e. The van der Waals surface area contributed by atoms with Crippen LogP contribution in [0.2, 0.25) is 0 Å². The van der Waals surface area contributed by atoms with Gasteiger partial charge in [-0.05, 0) is 79.7 Å². The molecule has 3 aliphatic rings. The number of amides is 8. The second-order valence-corrected chi connectivity index (χ2v) is 16.1. The number of urea groups is 2. The van der Waals surface area contributed by atoms with Crippen LogP contribution in [0.15, 0.2) is 54.4 Å². The molecule has 0 unspecified atom stereocenters. The molecule has 2 aromatic carbocycles. The minimum absolute atomic E-state index is 0.00228. The minimum Gasteiger partial charge on any atom is -0.508 e. The molecule has 2 saturated heterocycles. The van der Waals surface area contributed by atoms with Gasteiger partial charge in [-0.3, -0.25) is 34.7 Å². The van der Waals surface area contributed by atoms with Crippen molar-refractivity contribution >= 4 is 53.4 Å². The molecule has 20 nitrogen and oxygen atoms in total. The Morgan fingerprint density at radius 3 is 2.43 bits per heavy atom. The van der Waals surface area contributed by atoms with Crippen molar-refractivity contribution in [2.24, 2.45) is 0 Å². The van der Waals surface area contributed by atoms with Gasteiger partial charge in [0.25, 0.3) is 0 Å². The van der Waals surface area contributed by atoms with Crippen LogP contribution in [0.1, 0.15) is 55.8 Å². The lowest BCUT2D eigenvalue weighted by atomic mass is 9.90. The van der Waals surface area contributed by atoms with Gasteiger partial charge >= 0.3 is 18.0 Å². The molecule has 0 spiro atoms. The van der Waals surface area contributed by atoms with Crippen molar-refractivity contribution in [3.8, 4) is 11.5 Å². The fourth-order valence-electron chi connectivity index (χ4n) is 7.35. The molecule has 10 N–H and O–H groups in total. The van der Waals surface area contributed by atoms with E-state index >= 15 is 0 Å². The number of hydrogen-bond acceptors (Lipinski definition) is 13. The molecule has 0 radical (unpaired) electrons. The summed E-state index contributed by atoms with van der Waals surface area (Å²) in [5.41, 5.74) is 2.11. The monoisotopic (exact) mass is 868 g/mol. The van der Waals surface area contributed by atoms with Crippen LogP contribution < -0.4 is 31.9 Å². The zero-order valence-electron chi connectivity index (χ0n) is 34.0. The molecular weight excluding hydrogens is 817 g/mol. The lowest BCUT2D eigenvalue weighted by Gasteiger charge is -2.37. The zero-order chi connectivity index (χ0) is 44.5. The van der Waals surface area contributed by atoms with E-state index in [0.717, 1.165) is 22.2 Å². The van der Waals surface area contributed by atoms with Crippen LogP contribution in [0, 0.1) is 0 Å². The number of rotatable bonds is 16. The number of aliphatic carboxylic acids is 1. The molecule has 21 heteroatoms. The molecule has 0 bridgehead atoms. The third-order valence-electron chi connectivity index (χ3n) is 10.8. The highest BCUT2D eigenvalue weighted by atomic mass is 32.2. The average Bonchev–Trinajstić information content (AvgIpc) is 3.58. The maximum absolute atomic E-state index is 14.1. The van der Waals surface area contributed by atoms with Gasteiger partial charge in [-0.2, -0.15) is 11.8 Å². The molecule has 2 aromatic rings. The second-order valence-electron chi connectivity index (χ2n) is 15.1. The van der Waals surface area contributed by atoms with E-state index in [1.165, 1.54) is 41.9 Å². The van der Waals surface area contributed by atoms with Crippen LogP contribution >= 0.6 is 11.8 Å². The number of thioether (sulfide) groups is 1. The van der Waals surface area contributed by atoms with Crippen LogP contribution in [0.4, 0.5) is 9.59 Å². The molecule has 0 aromatic heterocycles. The van der Waals surface area contributed by atoms with Crippen molar-refractivity contribution in [3.63, 3.8) is 0 Å². The molecule has 0 aliphatic carbocycles. The maximum atomic E-state index is 14.1. The number of carboxylic acids is 1. The summed E-state index contributed by atoms with van der Waals surface area (Å²) in [7, 11) is 1.47. The number of likely N-dealkylation sites (N-methyl/N-ethyl adjacent to an activating group) is 1. The first-order valence-corrected chi connectivity index (χ1v) is 21.0. The third kappa shape index (κ3) is 11.8. The molecule has 3 aliphatic heterocycles. The number of phenolic OH excluding ortho intramolecular Hbond substituents is 2. The van der Waals surface area contributed by atoms with Gasteiger partial charge in [-0.1, -0.05) is 18.2 Å². The van der Waals surface area contributed by atoms with Crippen molar-refractivity contribution in [2.45, 2.75) is 94.5 Å². The van der Waals surface area contributed by atoms with Crippen molar-refractivity contribution < 1.29 is 58.7 Å². The number of aromatic hydroxyl groups is 2. The van der Waals surface area contributed by atoms with Crippen LogP contribution in [0.3, 0.4) is 0 Å². The Labute approximate surface area is 355 Å². The van der Waals surface area contributed by atoms with Gasteiger partial charge in [0.15, 0.2) is 0 Å². The predicted octanol–water partition coefficient (Wildman–Crippen LogP) is 0.128. The summed E-state index contributed by atoms with van der Waals surface area (Å²) in [6.07, 6.45) is 0.576. The lowest BCUT2D eigenvalue weighted by molar-refractivity contribution is -0.139. The number of carboxylic acid groups (broad SMARTS) is 1. The normalized spacial score (nSPS) is 22.4. The van der Waals surface area contributed by atoms with E-state index in [2.05, 4.69) is 31.9 Å². The van der Waals surface area contributed by atoms with Gasteiger partial charge in [0, 0.05) is 45.1 Å². The van der Waals surface area contributed by atoms with E-state index < -0.39 is 84.2 Å². The number of nitrogens with one attached hydrogen (secondary N) is 6. The summed E-state index contributed by atoms with van der Waals surface area (Å²) >= 11 is 1.37. The number of carbonyl (C=O) groups is 7. The molecular formula is C40H52N8O12S. The highest BCUT2D eigenvalue weighted by Crippen LogP contribution is 2.30. The summed E-state index contributed by atoms with van der Waals surface area (Å²) < 4.78 is 5.78. The van der Waals surface area contributed by atoms with E-state index in [1.807, 2.05) is 6.92 Å². The quantitative estimate of drug-likeness (QED) is 0.107. The number of aliphatic hydroxyl groups excluding tert-OH is 1. The second kappa shape index (κ2) is 20.5. The van der Waals surface area contributed by atoms with Crippen molar-refractivity contribution in [2.75, 3.05) is 25.6 Å². The fraction of sp³-hybridized carbons (Fsp3) is 0.475. The number of hydrogen-bond donors (Lipinski definition) is 10. The van der Waals surface area contributed by atoms with Gasteiger partial charge in [0.2, 0.25) is 29.9 Å². The average molecular weight is 869 g/mol. The zero-order valence-corrected chi connectivity index (χ0v) is 34.9. The molecule has 61 heavy (non-hydrogen) atoms. The Morgan fingerprint density at radius 1 is 1.02 bits per heavy atom. The standard InChI is InChI=1S/C40H52N8O12S/c1-20-27-9-8-25(50)16-23(27)17-29(42-20)36(55)47(3)21(2)33(35(54)41-19-26-18-31(51)37(60-26)48-12-10-32(52)45-40(48)59)46-34(53)28(11-13-61-4)43-39(58)44-30(38(56)57)15-22-6-5-7-24(49)14-22/h5-9,14,16,19-21,28-31,33,37,42,49-51H,10-13,15,17-18H2,1-4H3,(H,41,54)(H,46,53)(H,56,57)(H2,43,44,58)(H,45,52,59)/t20-,21+,28-,29+,30+,31-,33+,37-/m1/s1. The van der Waals surface area contributed by atoms with Gasteiger partial charge in [0.1, 0.15) is 41.5 Å². The number of ether oxygens (including phenoxy) is 1. The highest BCUT2D eigenvalue weighted by molar-refractivity contribution is 7.98. The Hall–Kier alpha value is -6.06. The van der Waals surface area contributed by atoms with Crippen LogP contribution in [-0.2, 0) is 41.6 Å². The van der Waals surface area contributed by atoms with Crippen molar-refractivity contribution in [1.29, 1.82) is 0 Å². The topological polar surface area (TPSA) is 288 Å². The molecule has 8 amide bonds. The fourth-order valence-corrected chi connectivity index (χ4v) is 7.82. The van der Waals surface area contributed by atoms with E-state index in [1.54, 1.807) is 37.4 Å². The first-order chi connectivity index (χ1) is 28.9. The van der Waals surface area contributed by atoms with Gasteiger partial charge < -0.3 is 51.3 Å². The number of nitrogens with zero attached hydrogens (tertiary/aromatic N) is 2. The summed E-state index contributed by atoms with van der Waals surface area (Å²) in [6, 6.07) is 2.81. The molecule has 330 valence electrons. The largest absolute Gasteiger partial charge is 0.508 e. The molecule has 3 heterocycles.